The lowest BCUT2D eigenvalue weighted by atomic mass is 10.00. The number of rotatable bonds is 9. The average Bonchev–Trinajstić information content (AvgIpc) is 3.28. The largest absolute Gasteiger partial charge is 0.368 e. The third-order valence-electron chi connectivity index (χ3n) is 5.86. The van der Waals surface area contributed by atoms with Gasteiger partial charge in [0, 0.05) is 25.1 Å². The molecule has 3 atom stereocenters. The van der Waals surface area contributed by atoms with Crippen LogP contribution in [-0.2, 0) is 27.2 Å². The number of likely N-dealkylation sites (tertiary alicyclic amines) is 1. The van der Waals surface area contributed by atoms with Gasteiger partial charge in [-0.2, -0.15) is 0 Å². The second-order valence-corrected chi connectivity index (χ2v) is 8.42. The van der Waals surface area contributed by atoms with Crippen molar-refractivity contribution in [3.8, 4) is 0 Å². The smallest absolute Gasteiger partial charge is 0.240 e. The molecule has 0 aliphatic carbocycles. The van der Waals surface area contributed by atoms with Gasteiger partial charge in [-0.15, -0.1) is 0 Å². The summed E-state index contributed by atoms with van der Waals surface area (Å²) in [4.78, 5) is 38.7. The summed E-state index contributed by atoms with van der Waals surface area (Å²) in [5.41, 5.74) is 12.0. The fourth-order valence-electron chi connectivity index (χ4n) is 4.12. The van der Waals surface area contributed by atoms with Gasteiger partial charge in [0.2, 0.25) is 17.7 Å². The molecule has 0 aromatic heterocycles. The van der Waals surface area contributed by atoms with E-state index in [0.717, 1.165) is 5.56 Å². The number of hydrogen-bond donors (Lipinski definition) is 3. The lowest BCUT2D eigenvalue weighted by Crippen LogP contribution is -2.50. The minimum atomic E-state index is -1.34. The van der Waals surface area contributed by atoms with Crippen molar-refractivity contribution in [1.29, 1.82) is 0 Å². The maximum atomic E-state index is 14.3. The molecule has 182 valence electrons. The zero-order chi connectivity index (χ0) is 24.8. The first-order valence-electron chi connectivity index (χ1n) is 11.0. The molecule has 0 radical (unpaired) electrons. The van der Waals surface area contributed by atoms with Gasteiger partial charge in [-0.05, 0) is 42.9 Å². The first kappa shape index (κ1) is 25.2. The number of halogens is 3. The maximum Gasteiger partial charge on any atom is 0.240 e. The van der Waals surface area contributed by atoms with Crippen molar-refractivity contribution in [1.82, 2.24) is 10.2 Å². The Morgan fingerprint density at radius 2 is 1.71 bits per heavy atom. The summed E-state index contributed by atoms with van der Waals surface area (Å²) in [6.07, 6.45) is 0.663. The summed E-state index contributed by atoms with van der Waals surface area (Å²) < 4.78 is 41.3. The van der Waals surface area contributed by atoms with Crippen LogP contribution in [0.2, 0.25) is 0 Å². The van der Waals surface area contributed by atoms with Crippen molar-refractivity contribution in [3.05, 3.63) is 71.0 Å². The molecule has 7 nitrogen and oxygen atoms in total. The first-order valence-corrected chi connectivity index (χ1v) is 11.0. The Labute approximate surface area is 195 Å². The van der Waals surface area contributed by atoms with Gasteiger partial charge in [-0.1, -0.05) is 30.3 Å². The Bertz CT molecular complexity index is 1050. The Morgan fingerprint density at radius 1 is 1.03 bits per heavy atom. The number of nitrogens with two attached hydrogens (primary N) is 2. The summed E-state index contributed by atoms with van der Waals surface area (Å²) in [6, 6.07) is 7.46. The van der Waals surface area contributed by atoms with E-state index >= 15 is 0 Å². The monoisotopic (exact) mass is 476 g/mol. The summed E-state index contributed by atoms with van der Waals surface area (Å²) in [5, 5.41) is 2.63. The molecule has 1 saturated heterocycles. The van der Waals surface area contributed by atoms with Crippen molar-refractivity contribution in [2.75, 3.05) is 6.54 Å². The minimum Gasteiger partial charge on any atom is -0.368 e. The fraction of sp³-hybridized carbons (Fsp3) is 0.375. The van der Waals surface area contributed by atoms with E-state index in [0.29, 0.717) is 31.5 Å². The molecule has 3 unspecified atom stereocenters. The van der Waals surface area contributed by atoms with Crippen LogP contribution >= 0.6 is 0 Å². The van der Waals surface area contributed by atoms with Crippen molar-refractivity contribution in [3.63, 3.8) is 0 Å². The molecule has 3 amide bonds. The number of amides is 3. The van der Waals surface area contributed by atoms with E-state index in [1.807, 2.05) is 18.2 Å². The first-order chi connectivity index (χ1) is 16.2. The zero-order valence-corrected chi connectivity index (χ0v) is 18.5. The summed E-state index contributed by atoms with van der Waals surface area (Å²) in [5.74, 6) is -5.28. The van der Waals surface area contributed by atoms with Crippen LogP contribution < -0.4 is 16.8 Å². The zero-order valence-electron chi connectivity index (χ0n) is 18.5. The number of hydrogen-bond acceptors (Lipinski definition) is 4. The van der Waals surface area contributed by atoms with Crippen LogP contribution in [0.25, 0.3) is 0 Å². The highest BCUT2D eigenvalue weighted by atomic mass is 19.2. The summed E-state index contributed by atoms with van der Waals surface area (Å²) in [6.45, 7) is 0.320. The maximum absolute atomic E-state index is 14.3. The van der Waals surface area contributed by atoms with Crippen molar-refractivity contribution in [2.24, 2.45) is 11.5 Å². The van der Waals surface area contributed by atoms with Gasteiger partial charge in [0.25, 0.3) is 0 Å². The minimum absolute atomic E-state index is 0.207. The average molecular weight is 476 g/mol. The van der Waals surface area contributed by atoms with E-state index in [2.05, 4.69) is 5.32 Å². The number of benzene rings is 2. The molecule has 0 saturated carbocycles. The van der Waals surface area contributed by atoms with Crippen LogP contribution in [0.15, 0.2) is 42.5 Å². The number of nitrogens with one attached hydrogen (secondary N) is 1. The molecule has 2 aromatic carbocycles. The lowest BCUT2D eigenvalue weighted by molar-refractivity contribution is -0.138. The van der Waals surface area contributed by atoms with Crippen LogP contribution in [0.5, 0.6) is 0 Å². The third kappa shape index (κ3) is 6.34. The van der Waals surface area contributed by atoms with Gasteiger partial charge in [-0.25, -0.2) is 13.2 Å². The highest BCUT2D eigenvalue weighted by Crippen LogP contribution is 2.21. The van der Waals surface area contributed by atoms with Crippen molar-refractivity contribution in [2.45, 2.75) is 50.2 Å². The fourth-order valence-corrected chi connectivity index (χ4v) is 4.12. The molecule has 0 spiro atoms. The van der Waals surface area contributed by atoms with E-state index in [1.54, 1.807) is 12.1 Å². The lowest BCUT2D eigenvalue weighted by Gasteiger charge is -2.26. The molecule has 3 rings (SSSR count). The van der Waals surface area contributed by atoms with E-state index in [4.69, 9.17) is 11.5 Å². The molecule has 2 aromatic rings. The standard InChI is InChI=1S/C24H27F3N4O3/c25-17-13-19(27)18(26)11-15(17)10-16(12-22(32)31-8-4-7-21(31)23(29)33)30-24(34)20(28)9-14-5-2-1-3-6-14/h1-3,5-6,11,13,16,20-21H,4,7-10,12,28H2,(H2,29,33)(H,30,34). The van der Waals surface area contributed by atoms with Crippen LogP contribution in [0.1, 0.15) is 30.4 Å². The number of primary amides is 1. The topological polar surface area (TPSA) is 119 Å². The van der Waals surface area contributed by atoms with Crippen molar-refractivity contribution < 1.29 is 27.6 Å². The SMILES string of the molecule is NC(=O)C1CCCN1C(=O)CC(Cc1cc(F)c(F)cc1F)NC(=O)C(N)Cc1ccccc1. The highest BCUT2D eigenvalue weighted by molar-refractivity contribution is 5.88. The molecule has 5 N–H and O–H groups in total. The summed E-state index contributed by atoms with van der Waals surface area (Å²) in [7, 11) is 0. The predicted molar refractivity (Wildman–Crippen MR) is 119 cm³/mol. The molecule has 34 heavy (non-hydrogen) atoms. The Kier molecular flexibility index (Phi) is 8.27. The normalized spacial score (nSPS) is 17.3. The van der Waals surface area contributed by atoms with Crippen molar-refractivity contribution >= 4 is 17.7 Å². The number of carbonyl (C=O) groups is 3. The van der Waals surface area contributed by atoms with Crippen LogP contribution in [-0.4, -0.2) is 47.3 Å². The van der Waals surface area contributed by atoms with Gasteiger partial charge in [0.05, 0.1) is 6.04 Å². The molecule has 10 heteroatoms. The van der Waals surface area contributed by atoms with Gasteiger partial charge in [0.15, 0.2) is 11.6 Å². The second kappa shape index (κ2) is 11.1. The molecule has 1 aliphatic heterocycles. The highest BCUT2D eigenvalue weighted by Gasteiger charge is 2.34. The molecule has 1 aliphatic rings. The molecular weight excluding hydrogens is 449 g/mol. The number of carbonyl (C=O) groups excluding carboxylic acids is 3. The Balaban J connectivity index is 1.77. The van der Waals surface area contributed by atoms with E-state index in [-0.39, 0.29) is 24.8 Å². The van der Waals surface area contributed by atoms with E-state index in [9.17, 15) is 27.6 Å². The van der Waals surface area contributed by atoms with Gasteiger partial charge < -0.3 is 21.7 Å². The molecule has 1 heterocycles. The molecule has 1 fully saturated rings. The second-order valence-electron chi connectivity index (χ2n) is 8.42. The predicted octanol–water partition coefficient (Wildman–Crippen LogP) is 1.57. The number of nitrogens with zero attached hydrogens (tertiary/aromatic N) is 1. The van der Waals surface area contributed by atoms with Crippen LogP contribution in [0, 0.1) is 17.5 Å². The third-order valence-corrected chi connectivity index (χ3v) is 5.86. The van der Waals surface area contributed by atoms with Crippen LogP contribution in [0.3, 0.4) is 0 Å². The molecule has 0 bridgehead atoms. The van der Waals surface area contributed by atoms with Gasteiger partial charge in [0.1, 0.15) is 11.9 Å². The molecular formula is C24H27F3N4O3. The van der Waals surface area contributed by atoms with Gasteiger partial charge >= 0.3 is 0 Å². The van der Waals surface area contributed by atoms with Gasteiger partial charge in [-0.3, -0.25) is 14.4 Å². The van der Waals surface area contributed by atoms with Crippen LogP contribution in [0.4, 0.5) is 13.2 Å². The Hall–Kier alpha value is -3.40. The summed E-state index contributed by atoms with van der Waals surface area (Å²) >= 11 is 0. The van der Waals surface area contributed by atoms with E-state index in [1.165, 1.54) is 4.90 Å². The Morgan fingerprint density at radius 3 is 2.38 bits per heavy atom. The van der Waals surface area contributed by atoms with E-state index < -0.39 is 53.3 Å². The quantitative estimate of drug-likeness (QED) is 0.476.